The van der Waals surface area contributed by atoms with Crippen LogP contribution < -0.4 is 5.32 Å². The minimum absolute atomic E-state index is 0.682. The molecular weight excluding hydrogens is 210 g/mol. The van der Waals surface area contributed by atoms with Crippen molar-refractivity contribution in [2.45, 2.75) is 45.3 Å². The van der Waals surface area contributed by atoms with Crippen LogP contribution >= 0.6 is 0 Å². The van der Waals surface area contributed by atoms with E-state index in [1.165, 1.54) is 36.9 Å². The van der Waals surface area contributed by atoms with Crippen molar-refractivity contribution in [2.24, 2.45) is 0 Å². The normalized spacial score (nSPS) is 20.4. The van der Waals surface area contributed by atoms with Gasteiger partial charge in [-0.3, -0.25) is 0 Å². The second-order valence-electron chi connectivity index (χ2n) is 4.98. The molecule has 1 aromatic rings. The molecule has 2 nitrogen and oxygen atoms in total. The lowest BCUT2D eigenvalue weighted by Crippen LogP contribution is -2.34. The zero-order chi connectivity index (χ0) is 11.9. The van der Waals surface area contributed by atoms with E-state index in [-0.39, 0.29) is 0 Å². The summed E-state index contributed by atoms with van der Waals surface area (Å²) in [7, 11) is 0. The third kappa shape index (κ3) is 4.49. The van der Waals surface area contributed by atoms with E-state index in [2.05, 4.69) is 36.5 Å². The van der Waals surface area contributed by atoms with E-state index in [1.54, 1.807) is 0 Å². The van der Waals surface area contributed by atoms with Gasteiger partial charge in [-0.15, -0.1) is 0 Å². The molecule has 1 aliphatic heterocycles. The monoisotopic (exact) mass is 233 g/mol. The molecule has 17 heavy (non-hydrogen) atoms. The molecule has 0 amide bonds. The van der Waals surface area contributed by atoms with E-state index in [0.717, 1.165) is 19.6 Å². The number of rotatable bonds is 5. The Balaban J connectivity index is 1.62. The average molecular weight is 233 g/mol. The predicted octanol–water partition coefficient (Wildman–Crippen LogP) is 3.04. The summed E-state index contributed by atoms with van der Waals surface area (Å²) < 4.78 is 5.74. The number of aryl methyl sites for hydroxylation is 1. The molecule has 1 heterocycles. The van der Waals surface area contributed by atoms with Gasteiger partial charge in [0.25, 0.3) is 0 Å². The largest absolute Gasteiger partial charge is 0.377 e. The molecule has 0 unspecified atom stereocenters. The number of ether oxygens (including phenoxy) is 1. The zero-order valence-corrected chi connectivity index (χ0v) is 10.7. The Hall–Kier alpha value is -0.860. The van der Waals surface area contributed by atoms with Crippen molar-refractivity contribution in [1.82, 2.24) is 5.32 Å². The standard InChI is InChI=1S/C15H23NO/c1-13-5-4-6-14(11-13)12-17-10-8-15-7-2-3-9-16-15/h4-6,11,15-16H,2-3,7-10,12H2,1H3/t15-/m1/s1. The summed E-state index contributed by atoms with van der Waals surface area (Å²) in [6, 6.07) is 9.22. The maximum Gasteiger partial charge on any atom is 0.0716 e. The Kier molecular flexibility index (Phi) is 5.02. The van der Waals surface area contributed by atoms with Gasteiger partial charge in [0.15, 0.2) is 0 Å². The first-order valence-electron chi connectivity index (χ1n) is 6.71. The van der Waals surface area contributed by atoms with Crippen molar-refractivity contribution in [2.75, 3.05) is 13.2 Å². The second-order valence-corrected chi connectivity index (χ2v) is 4.98. The Morgan fingerprint density at radius 1 is 1.35 bits per heavy atom. The number of piperidine rings is 1. The molecule has 0 saturated carbocycles. The third-order valence-electron chi connectivity index (χ3n) is 3.37. The van der Waals surface area contributed by atoms with Gasteiger partial charge in [0, 0.05) is 12.6 Å². The molecule has 0 aromatic heterocycles. The Labute approximate surface area is 104 Å². The van der Waals surface area contributed by atoms with Gasteiger partial charge in [0.05, 0.1) is 6.61 Å². The van der Waals surface area contributed by atoms with Crippen LogP contribution in [0.5, 0.6) is 0 Å². The van der Waals surface area contributed by atoms with Crippen LogP contribution in [0.25, 0.3) is 0 Å². The third-order valence-corrected chi connectivity index (χ3v) is 3.37. The molecule has 1 atom stereocenters. The SMILES string of the molecule is Cc1cccc(COCC[C@H]2CCCCN2)c1. The maximum absolute atomic E-state index is 5.74. The lowest BCUT2D eigenvalue weighted by atomic mass is 10.0. The Morgan fingerprint density at radius 3 is 3.06 bits per heavy atom. The summed E-state index contributed by atoms with van der Waals surface area (Å²) in [5.41, 5.74) is 2.58. The topological polar surface area (TPSA) is 21.3 Å². The predicted molar refractivity (Wildman–Crippen MR) is 71.1 cm³/mol. The van der Waals surface area contributed by atoms with E-state index in [4.69, 9.17) is 4.74 Å². The number of benzene rings is 1. The van der Waals surface area contributed by atoms with Gasteiger partial charge in [-0.05, 0) is 38.3 Å². The molecule has 94 valence electrons. The summed E-state index contributed by atoms with van der Waals surface area (Å²) in [5.74, 6) is 0. The van der Waals surface area contributed by atoms with Crippen molar-refractivity contribution in [3.63, 3.8) is 0 Å². The molecule has 0 bridgehead atoms. The molecule has 2 rings (SSSR count). The fourth-order valence-electron chi connectivity index (χ4n) is 2.39. The molecule has 0 aliphatic carbocycles. The van der Waals surface area contributed by atoms with E-state index >= 15 is 0 Å². The van der Waals surface area contributed by atoms with Crippen molar-refractivity contribution in [3.05, 3.63) is 35.4 Å². The van der Waals surface area contributed by atoms with Crippen LogP contribution in [0.2, 0.25) is 0 Å². The van der Waals surface area contributed by atoms with Gasteiger partial charge >= 0.3 is 0 Å². The van der Waals surface area contributed by atoms with Gasteiger partial charge in [0.1, 0.15) is 0 Å². The molecular formula is C15H23NO. The van der Waals surface area contributed by atoms with E-state index in [9.17, 15) is 0 Å². The summed E-state index contributed by atoms with van der Waals surface area (Å²) in [5, 5.41) is 3.55. The van der Waals surface area contributed by atoms with Crippen LogP contribution in [-0.4, -0.2) is 19.2 Å². The highest BCUT2D eigenvalue weighted by Crippen LogP contribution is 2.11. The minimum Gasteiger partial charge on any atom is -0.377 e. The number of hydrogen-bond donors (Lipinski definition) is 1. The highest BCUT2D eigenvalue weighted by atomic mass is 16.5. The van der Waals surface area contributed by atoms with Crippen LogP contribution in [0.1, 0.15) is 36.8 Å². The van der Waals surface area contributed by atoms with Crippen LogP contribution in [0.4, 0.5) is 0 Å². The maximum atomic E-state index is 5.74. The van der Waals surface area contributed by atoms with Crippen LogP contribution in [0, 0.1) is 6.92 Å². The van der Waals surface area contributed by atoms with E-state index in [0.29, 0.717) is 6.04 Å². The summed E-state index contributed by atoms with van der Waals surface area (Å²) in [4.78, 5) is 0. The first kappa shape index (κ1) is 12.6. The zero-order valence-electron chi connectivity index (χ0n) is 10.7. The molecule has 2 heteroatoms. The number of hydrogen-bond acceptors (Lipinski definition) is 2. The quantitative estimate of drug-likeness (QED) is 0.789. The average Bonchev–Trinajstić information content (AvgIpc) is 2.36. The van der Waals surface area contributed by atoms with Crippen molar-refractivity contribution >= 4 is 0 Å². The lowest BCUT2D eigenvalue weighted by molar-refractivity contribution is 0.108. The van der Waals surface area contributed by atoms with Gasteiger partial charge in [-0.1, -0.05) is 36.2 Å². The van der Waals surface area contributed by atoms with E-state index < -0.39 is 0 Å². The van der Waals surface area contributed by atoms with Crippen molar-refractivity contribution < 1.29 is 4.74 Å². The van der Waals surface area contributed by atoms with E-state index in [1.807, 2.05) is 0 Å². The second kappa shape index (κ2) is 6.77. The molecule has 1 saturated heterocycles. The lowest BCUT2D eigenvalue weighted by Gasteiger charge is -2.23. The summed E-state index contributed by atoms with van der Waals surface area (Å²) in [6.07, 6.45) is 5.16. The fourth-order valence-corrected chi connectivity index (χ4v) is 2.39. The molecule has 1 aromatic carbocycles. The molecule has 0 spiro atoms. The molecule has 1 N–H and O–H groups in total. The molecule has 1 fully saturated rings. The Bertz CT molecular complexity index is 331. The smallest absolute Gasteiger partial charge is 0.0716 e. The summed E-state index contributed by atoms with van der Waals surface area (Å²) >= 11 is 0. The first-order chi connectivity index (χ1) is 8.34. The Morgan fingerprint density at radius 2 is 2.29 bits per heavy atom. The molecule has 1 aliphatic rings. The highest BCUT2D eigenvalue weighted by Gasteiger charge is 2.11. The summed E-state index contributed by atoms with van der Waals surface area (Å²) in [6.45, 7) is 4.91. The van der Waals surface area contributed by atoms with Gasteiger partial charge < -0.3 is 10.1 Å². The van der Waals surface area contributed by atoms with Gasteiger partial charge in [0.2, 0.25) is 0 Å². The van der Waals surface area contributed by atoms with Crippen LogP contribution in [0.3, 0.4) is 0 Å². The minimum atomic E-state index is 0.682. The first-order valence-corrected chi connectivity index (χ1v) is 6.71. The molecule has 0 radical (unpaired) electrons. The van der Waals surface area contributed by atoms with Crippen molar-refractivity contribution in [3.8, 4) is 0 Å². The van der Waals surface area contributed by atoms with Crippen molar-refractivity contribution in [1.29, 1.82) is 0 Å². The van der Waals surface area contributed by atoms with Gasteiger partial charge in [-0.2, -0.15) is 0 Å². The van der Waals surface area contributed by atoms with Crippen LogP contribution in [-0.2, 0) is 11.3 Å². The number of nitrogens with one attached hydrogen (secondary N) is 1. The highest BCUT2D eigenvalue weighted by molar-refractivity contribution is 5.21. The van der Waals surface area contributed by atoms with Crippen LogP contribution in [0.15, 0.2) is 24.3 Å². The fraction of sp³-hybridized carbons (Fsp3) is 0.600. The van der Waals surface area contributed by atoms with Gasteiger partial charge in [-0.25, -0.2) is 0 Å².